The fourth-order valence-electron chi connectivity index (χ4n) is 2.00. The highest BCUT2D eigenvalue weighted by Gasteiger charge is 2.30. The third kappa shape index (κ3) is 1.71. The first kappa shape index (κ1) is 10.8. The molecule has 0 aromatic carbocycles. The second-order valence-corrected chi connectivity index (χ2v) is 3.81. The number of esters is 1. The minimum Gasteiger partial charge on any atom is -0.469 e. The number of allylic oxidation sites excluding steroid dienone is 1. The van der Waals surface area contributed by atoms with E-state index in [1.807, 2.05) is 0 Å². The van der Waals surface area contributed by atoms with Gasteiger partial charge in [0.15, 0.2) is 0 Å². The molecule has 1 aliphatic rings. The van der Waals surface area contributed by atoms with Crippen molar-refractivity contribution in [1.29, 1.82) is 0 Å². The molecule has 1 unspecified atom stereocenters. The molecular weight excluding hydrogens is 209 g/mol. The largest absolute Gasteiger partial charge is 0.469 e. The van der Waals surface area contributed by atoms with Gasteiger partial charge < -0.3 is 4.74 Å². The predicted molar refractivity (Wildman–Crippen MR) is 57.2 cm³/mol. The molecule has 1 aliphatic carbocycles. The van der Waals surface area contributed by atoms with E-state index in [2.05, 4.69) is 11.6 Å². The van der Waals surface area contributed by atoms with Gasteiger partial charge in [0.25, 0.3) is 0 Å². The molecule has 0 N–H and O–H groups in total. The molecule has 0 bridgehead atoms. The van der Waals surface area contributed by atoms with Crippen LogP contribution in [0.1, 0.15) is 30.0 Å². The number of halogens is 1. The van der Waals surface area contributed by atoms with Gasteiger partial charge in [0.1, 0.15) is 5.82 Å². The van der Waals surface area contributed by atoms with Crippen LogP contribution in [0.4, 0.5) is 4.39 Å². The number of nitrogens with zero attached hydrogens (tertiary/aromatic N) is 1. The molecule has 0 aliphatic heterocycles. The highest BCUT2D eigenvalue weighted by atomic mass is 19.1. The Hall–Kier alpha value is -1.71. The first-order chi connectivity index (χ1) is 7.63. The Morgan fingerprint density at radius 2 is 2.44 bits per heavy atom. The molecule has 3 nitrogen and oxygen atoms in total. The molecule has 16 heavy (non-hydrogen) atoms. The normalized spacial score (nSPS) is 19.1. The van der Waals surface area contributed by atoms with Crippen LogP contribution in [0.25, 0.3) is 5.57 Å². The van der Waals surface area contributed by atoms with Crippen LogP contribution < -0.4 is 0 Å². The van der Waals surface area contributed by atoms with E-state index in [-0.39, 0.29) is 5.97 Å². The number of carbonyl (C=O) groups excluding carboxylic acids is 1. The van der Waals surface area contributed by atoms with Gasteiger partial charge in [-0.2, -0.15) is 0 Å². The maximum absolute atomic E-state index is 13.1. The Balaban J connectivity index is 2.49. The number of ether oxygens (including phenoxy) is 1. The van der Waals surface area contributed by atoms with Crippen molar-refractivity contribution in [2.24, 2.45) is 0 Å². The van der Waals surface area contributed by atoms with Crippen LogP contribution in [0.5, 0.6) is 0 Å². The van der Waals surface area contributed by atoms with Crippen molar-refractivity contribution in [1.82, 2.24) is 4.98 Å². The molecule has 1 heterocycles. The van der Waals surface area contributed by atoms with Gasteiger partial charge in [-0.1, -0.05) is 6.58 Å². The van der Waals surface area contributed by atoms with Crippen LogP contribution in [-0.4, -0.2) is 18.1 Å². The van der Waals surface area contributed by atoms with E-state index in [4.69, 9.17) is 4.74 Å². The van der Waals surface area contributed by atoms with Crippen molar-refractivity contribution in [3.8, 4) is 0 Å². The van der Waals surface area contributed by atoms with Crippen LogP contribution >= 0.6 is 0 Å². The summed E-state index contributed by atoms with van der Waals surface area (Å²) in [6, 6.07) is 1.34. The average molecular weight is 221 g/mol. The van der Waals surface area contributed by atoms with E-state index >= 15 is 0 Å². The molecule has 1 aromatic rings. The molecule has 0 saturated heterocycles. The second-order valence-electron chi connectivity index (χ2n) is 3.81. The lowest BCUT2D eigenvalue weighted by atomic mass is 9.83. The van der Waals surface area contributed by atoms with Gasteiger partial charge >= 0.3 is 5.97 Å². The summed E-state index contributed by atoms with van der Waals surface area (Å²) in [6.45, 7) is 3.87. The molecule has 0 radical (unpaired) electrons. The molecule has 2 rings (SSSR count). The zero-order valence-corrected chi connectivity index (χ0v) is 9.00. The monoisotopic (exact) mass is 221 g/mol. The topological polar surface area (TPSA) is 39.2 Å². The van der Waals surface area contributed by atoms with Crippen LogP contribution in [-0.2, 0) is 9.53 Å². The van der Waals surface area contributed by atoms with Crippen molar-refractivity contribution in [2.45, 2.75) is 18.8 Å². The Morgan fingerprint density at radius 1 is 1.69 bits per heavy atom. The van der Waals surface area contributed by atoms with Gasteiger partial charge in [-0.15, -0.1) is 0 Å². The average Bonchev–Trinajstić information content (AvgIpc) is 2.28. The van der Waals surface area contributed by atoms with Gasteiger partial charge in [0.05, 0.1) is 24.9 Å². The summed E-state index contributed by atoms with van der Waals surface area (Å²) in [6.07, 6.45) is 2.43. The van der Waals surface area contributed by atoms with E-state index in [0.717, 1.165) is 11.8 Å². The lowest BCUT2D eigenvalue weighted by molar-refractivity contribution is -0.142. The number of fused-ring (bicyclic) bond motifs is 1. The molecule has 0 fully saturated rings. The molecule has 0 spiro atoms. The Labute approximate surface area is 93.0 Å². The van der Waals surface area contributed by atoms with Crippen LogP contribution in [0.2, 0.25) is 0 Å². The minimum absolute atomic E-state index is 0.346. The third-order valence-corrected chi connectivity index (χ3v) is 2.81. The van der Waals surface area contributed by atoms with Crippen molar-refractivity contribution in [3.63, 3.8) is 0 Å². The Bertz CT molecular complexity index is 456. The highest BCUT2D eigenvalue weighted by molar-refractivity contribution is 5.82. The molecule has 4 heteroatoms. The zero-order valence-electron chi connectivity index (χ0n) is 9.00. The van der Waals surface area contributed by atoms with Crippen molar-refractivity contribution in [3.05, 3.63) is 35.9 Å². The second kappa shape index (κ2) is 4.04. The predicted octanol–water partition coefficient (Wildman–Crippen LogP) is 2.28. The van der Waals surface area contributed by atoms with E-state index < -0.39 is 11.7 Å². The fourth-order valence-corrected chi connectivity index (χ4v) is 2.00. The van der Waals surface area contributed by atoms with Gasteiger partial charge in [-0.05, 0) is 30.0 Å². The number of pyridine rings is 1. The summed E-state index contributed by atoms with van der Waals surface area (Å²) in [4.78, 5) is 15.5. The number of hydrogen-bond acceptors (Lipinski definition) is 3. The molecule has 84 valence electrons. The SMILES string of the molecule is C=C1CCC(C(=O)OC)c2cc(F)cnc21. The summed E-state index contributed by atoms with van der Waals surface area (Å²) >= 11 is 0. The van der Waals surface area contributed by atoms with Gasteiger partial charge in [0.2, 0.25) is 0 Å². The number of rotatable bonds is 1. The summed E-state index contributed by atoms with van der Waals surface area (Å²) in [7, 11) is 1.33. The standard InChI is InChI=1S/C12H12FNO2/c1-7-3-4-9(12(15)16-2)10-5-8(13)6-14-11(7)10/h5-6,9H,1,3-4H2,2H3. The quantitative estimate of drug-likeness (QED) is 0.683. The summed E-state index contributed by atoms with van der Waals surface area (Å²) in [5, 5.41) is 0. The van der Waals surface area contributed by atoms with E-state index in [1.165, 1.54) is 13.2 Å². The lowest BCUT2D eigenvalue weighted by Crippen LogP contribution is -2.20. The third-order valence-electron chi connectivity index (χ3n) is 2.81. The van der Waals surface area contributed by atoms with Crippen molar-refractivity contribution < 1.29 is 13.9 Å². The number of methoxy groups -OCH3 is 1. The number of hydrogen-bond donors (Lipinski definition) is 0. The summed E-state index contributed by atoms with van der Waals surface area (Å²) < 4.78 is 17.8. The summed E-state index contributed by atoms with van der Waals surface area (Å²) in [5.41, 5.74) is 2.06. The van der Waals surface area contributed by atoms with Crippen molar-refractivity contribution >= 4 is 11.5 Å². The van der Waals surface area contributed by atoms with Crippen LogP contribution in [0.15, 0.2) is 18.8 Å². The Morgan fingerprint density at radius 3 is 3.12 bits per heavy atom. The molecule has 1 aromatic heterocycles. The molecule has 0 amide bonds. The fraction of sp³-hybridized carbons (Fsp3) is 0.333. The first-order valence-electron chi connectivity index (χ1n) is 5.05. The molecule has 1 atom stereocenters. The number of carbonyl (C=O) groups is 1. The van der Waals surface area contributed by atoms with Gasteiger partial charge in [-0.3, -0.25) is 9.78 Å². The van der Waals surface area contributed by atoms with E-state index in [0.29, 0.717) is 24.1 Å². The van der Waals surface area contributed by atoms with Gasteiger partial charge in [0, 0.05) is 0 Å². The highest BCUT2D eigenvalue weighted by Crippen LogP contribution is 2.36. The number of aromatic nitrogens is 1. The maximum Gasteiger partial charge on any atom is 0.313 e. The van der Waals surface area contributed by atoms with E-state index in [9.17, 15) is 9.18 Å². The van der Waals surface area contributed by atoms with Crippen LogP contribution in [0.3, 0.4) is 0 Å². The van der Waals surface area contributed by atoms with E-state index in [1.54, 1.807) is 0 Å². The summed E-state index contributed by atoms with van der Waals surface area (Å²) in [5.74, 6) is -1.21. The van der Waals surface area contributed by atoms with Crippen molar-refractivity contribution in [2.75, 3.05) is 7.11 Å². The zero-order chi connectivity index (χ0) is 11.7. The minimum atomic E-state index is -0.442. The molecular formula is C12H12FNO2. The lowest BCUT2D eigenvalue weighted by Gasteiger charge is -2.23. The smallest absolute Gasteiger partial charge is 0.313 e. The van der Waals surface area contributed by atoms with Crippen LogP contribution in [0, 0.1) is 5.82 Å². The Kier molecular flexibility index (Phi) is 2.73. The first-order valence-corrected chi connectivity index (χ1v) is 5.05. The maximum atomic E-state index is 13.1. The van der Waals surface area contributed by atoms with Gasteiger partial charge in [-0.25, -0.2) is 4.39 Å². The molecule has 0 saturated carbocycles.